The Bertz CT molecular complexity index is 737. The van der Waals surface area contributed by atoms with E-state index in [1.54, 1.807) is 13.2 Å². The molecular formula is C17H15NO3. The minimum Gasteiger partial charge on any atom is -0.496 e. The monoisotopic (exact) mass is 281 g/mol. The molecule has 1 amide bonds. The van der Waals surface area contributed by atoms with E-state index in [9.17, 15) is 9.59 Å². The van der Waals surface area contributed by atoms with Gasteiger partial charge in [-0.3, -0.25) is 9.59 Å². The number of rotatable bonds is 3. The van der Waals surface area contributed by atoms with E-state index in [1.807, 2.05) is 43.3 Å². The number of amides is 1. The van der Waals surface area contributed by atoms with Crippen LogP contribution in [0.25, 0.3) is 0 Å². The first-order valence-corrected chi connectivity index (χ1v) is 6.70. The van der Waals surface area contributed by atoms with Crippen molar-refractivity contribution in [3.63, 3.8) is 0 Å². The molecule has 4 nitrogen and oxygen atoms in total. The van der Waals surface area contributed by atoms with Gasteiger partial charge < -0.3 is 9.64 Å². The number of carbonyl (C=O) groups is 2. The van der Waals surface area contributed by atoms with Gasteiger partial charge in [-0.2, -0.15) is 0 Å². The number of fused-ring (bicyclic) bond motifs is 1. The number of ketones is 1. The maximum Gasteiger partial charge on any atom is 0.299 e. The predicted molar refractivity (Wildman–Crippen MR) is 79.7 cm³/mol. The Morgan fingerprint density at radius 3 is 2.62 bits per heavy atom. The van der Waals surface area contributed by atoms with Gasteiger partial charge in [0.15, 0.2) is 0 Å². The highest BCUT2D eigenvalue weighted by atomic mass is 16.5. The van der Waals surface area contributed by atoms with Crippen LogP contribution in [0.4, 0.5) is 5.69 Å². The van der Waals surface area contributed by atoms with Gasteiger partial charge in [0.05, 0.1) is 24.9 Å². The van der Waals surface area contributed by atoms with E-state index < -0.39 is 11.7 Å². The molecule has 1 aliphatic rings. The first kappa shape index (κ1) is 13.4. The summed E-state index contributed by atoms with van der Waals surface area (Å²) in [5, 5.41) is 0. The number of para-hydroxylation sites is 1. The van der Waals surface area contributed by atoms with Crippen LogP contribution in [0.5, 0.6) is 5.75 Å². The van der Waals surface area contributed by atoms with Gasteiger partial charge in [0.2, 0.25) is 0 Å². The maximum atomic E-state index is 12.2. The average molecular weight is 281 g/mol. The third kappa shape index (κ3) is 2.18. The first-order valence-electron chi connectivity index (χ1n) is 6.70. The first-order chi connectivity index (χ1) is 10.1. The van der Waals surface area contributed by atoms with Gasteiger partial charge in [-0.1, -0.05) is 29.8 Å². The van der Waals surface area contributed by atoms with Gasteiger partial charge in [-0.05, 0) is 25.1 Å². The second-order valence-corrected chi connectivity index (χ2v) is 5.05. The van der Waals surface area contributed by atoms with Crippen molar-refractivity contribution in [2.75, 3.05) is 12.0 Å². The highest BCUT2D eigenvalue weighted by Crippen LogP contribution is 2.32. The Kier molecular flexibility index (Phi) is 3.22. The molecule has 0 N–H and O–H groups in total. The summed E-state index contributed by atoms with van der Waals surface area (Å²) >= 11 is 0. The van der Waals surface area contributed by atoms with Crippen LogP contribution >= 0.6 is 0 Å². The number of aryl methyl sites for hydroxylation is 1. The van der Waals surface area contributed by atoms with Crippen molar-refractivity contribution < 1.29 is 14.3 Å². The molecule has 21 heavy (non-hydrogen) atoms. The lowest BCUT2D eigenvalue weighted by atomic mass is 10.1. The van der Waals surface area contributed by atoms with Crippen LogP contribution in [0.2, 0.25) is 0 Å². The molecule has 0 radical (unpaired) electrons. The van der Waals surface area contributed by atoms with E-state index >= 15 is 0 Å². The normalized spacial score (nSPS) is 13.5. The molecule has 2 aromatic rings. The van der Waals surface area contributed by atoms with Crippen molar-refractivity contribution >= 4 is 17.4 Å². The van der Waals surface area contributed by atoms with Crippen molar-refractivity contribution in [1.82, 2.24) is 0 Å². The second-order valence-electron chi connectivity index (χ2n) is 5.05. The summed E-state index contributed by atoms with van der Waals surface area (Å²) < 4.78 is 5.30. The molecule has 2 aromatic carbocycles. The Hall–Kier alpha value is -2.62. The lowest BCUT2D eigenvalue weighted by molar-refractivity contribution is -0.114. The number of nitrogens with zero attached hydrogens (tertiary/aromatic N) is 1. The van der Waals surface area contributed by atoms with Crippen molar-refractivity contribution in [3.8, 4) is 5.75 Å². The molecule has 0 unspecified atom stereocenters. The summed E-state index contributed by atoms with van der Waals surface area (Å²) in [5.41, 5.74) is 2.99. The molecule has 0 saturated carbocycles. The minimum atomic E-state index is -0.485. The van der Waals surface area contributed by atoms with Gasteiger partial charge in [-0.25, -0.2) is 0 Å². The van der Waals surface area contributed by atoms with Gasteiger partial charge >= 0.3 is 0 Å². The van der Waals surface area contributed by atoms with Gasteiger partial charge in [0.25, 0.3) is 11.7 Å². The second kappa shape index (κ2) is 5.05. The highest BCUT2D eigenvalue weighted by molar-refractivity contribution is 6.52. The summed E-state index contributed by atoms with van der Waals surface area (Å²) in [6.45, 7) is 2.23. The number of ether oxygens (including phenoxy) is 1. The lowest BCUT2D eigenvalue weighted by Crippen LogP contribution is -2.29. The number of benzene rings is 2. The van der Waals surface area contributed by atoms with E-state index in [0.29, 0.717) is 23.5 Å². The van der Waals surface area contributed by atoms with Crippen LogP contribution in [-0.4, -0.2) is 18.8 Å². The smallest absolute Gasteiger partial charge is 0.299 e. The number of carbonyl (C=O) groups excluding carboxylic acids is 2. The predicted octanol–water partition coefficient (Wildman–Crippen LogP) is 2.73. The molecule has 1 aliphatic heterocycles. The van der Waals surface area contributed by atoms with Gasteiger partial charge in [0, 0.05) is 5.56 Å². The maximum absolute atomic E-state index is 12.2. The Labute approximate surface area is 123 Å². The third-order valence-electron chi connectivity index (χ3n) is 3.65. The van der Waals surface area contributed by atoms with Crippen molar-refractivity contribution in [2.24, 2.45) is 0 Å². The summed E-state index contributed by atoms with van der Waals surface area (Å²) in [6.07, 6.45) is 0. The van der Waals surface area contributed by atoms with E-state index in [-0.39, 0.29) is 0 Å². The summed E-state index contributed by atoms with van der Waals surface area (Å²) in [6, 6.07) is 13.0. The van der Waals surface area contributed by atoms with Gasteiger partial charge in [-0.15, -0.1) is 0 Å². The zero-order valence-corrected chi connectivity index (χ0v) is 11.9. The standard InChI is InChI=1S/C17H15NO3/c1-11-7-8-14-13(9-11)16(19)17(20)18(14)10-12-5-3-4-6-15(12)21-2/h3-9H,10H2,1-2H3. The molecule has 0 saturated heterocycles. The molecule has 0 aliphatic carbocycles. The Morgan fingerprint density at radius 1 is 1.10 bits per heavy atom. The van der Waals surface area contributed by atoms with Crippen LogP contribution in [-0.2, 0) is 11.3 Å². The fraction of sp³-hybridized carbons (Fsp3) is 0.176. The van der Waals surface area contributed by atoms with Crippen molar-refractivity contribution in [3.05, 3.63) is 59.2 Å². The Morgan fingerprint density at radius 2 is 1.86 bits per heavy atom. The molecular weight excluding hydrogens is 266 g/mol. The number of methoxy groups -OCH3 is 1. The summed E-state index contributed by atoms with van der Waals surface area (Å²) in [5.74, 6) is -0.219. The number of Topliss-reactive ketones (excluding diaryl/α,β-unsaturated/α-hetero) is 1. The lowest BCUT2D eigenvalue weighted by Gasteiger charge is -2.18. The molecule has 106 valence electrons. The fourth-order valence-electron chi connectivity index (χ4n) is 2.58. The molecule has 0 bridgehead atoms. The number of hydrogen-bond donors (Lipinski definition) is 0. The van der Waals surface area contributed by atoms with E-state index in [4.69, 9.17) is 4.74 Å². The van der Waals surface area contributed by atoms with E-state index in [1.165, 1.54) is 4.90 Å². The number of anilines is 1. The molecule has 0 aromatic heterocycles. The summed E-state index contributed by atoms with van der Waals surface area (Å²) in [4.78, 5) is 25.8. The van der Waals surface area contributed by atoms with Crippen molar-refractivity contribution in [1.29, 1.82) is 0 Å². The average Bonchev–Trinajstić information content (AvgIpc) is 2.73. The Balaban J connectivity index is 2.01. The topological polar surface area (TPSA) is 46.6 Å². The van der Waals surface area contributed by atoms with E-state index in [0.717, 1.165) is 11.1 Å². The zero-order valence-electron chi connectivity index (χ0n) is 11.9. The van der Waals surface area contributed by atoms with Crippen LogP contribution in [0, 0.1) is 6.92 Å². The quantitative estimate of drug-likeness (QED) is 0.813. The zero-order chi connectivity index (χ0) is 15.0. The highest BCUT2D eigenvalue weighted by Gasteiger charge is 2.35. The van der Waals surface area contributed by atoms with E-state index in [2.05, 4.69) is 0 Å². The molecule has 4 heteroatoms. The van der Waals surface area contributed by atoms with Crippen LogP contribution < -0.4 is 9.64 Å². The number of hydrogen-bond acceptors (Lipinski definition) is 3. The minimum absolute atomic E-state index is 0.324. The molecule has 1 heterocycles. The molecule has 0 spiro atoms. The molecule has 3 rings (SSSR count). The fourth-order valence-corrected chi connectivity index (χ4v) is 2.58. The van der Waals surface area contributed by atoms with Crippen LogP contribution in [0.15, 0.2) is 42.5 Å². The van der Waals surface area contributed by atoms with Gasteiger partial charge in [0.1, 0.15) is 5.75 Å². The molecule has 0 fully saturated rings. The molecule has 0 atom stereocenters. The summed E-state index contributed by atoms with van der Waals surface area (Å²) in [7, 11) is 1.59. The van der Waals surface area contributed by atoms with Crippen LogP contribution in [0.3, 0.4) is 0 Å². The van der Waals surface area contributed by atoms with Crippen molar-refractivity contribution in [2.45, 2.75) is 13.5 Å². The van der Waals surface area contributed by atoms with Crippen LogP contribution in [0.1, 0.15) is 21.5 Å². The SMILES string of the molecule is COc1ccccc1CN1C(=O)C(=O)c2cc(C)ccc21. The largest absolute Gasteiger partial charge is 0.496 e. The third-order valence-corrected chi connectivity index (χ3v) is 3.65.